The normalized spacial score (nSPS) is 9.90. The van der Waals surface area contributed by atoms with E-state index in [1.807, 2.05) is 0 Å². The third kappa shape index (κ3) is 3.20. The molecule has 0 spiro atoms. The van der Waals surface area contributed by atoms with Gasteiger partial charge in [0, 0.05) is 11.3 Å². The first kappa shape index (κ1) is 13.7. The van der Waals surface area contributed by atoms with Gasteiger partial charge < -0.3 is 10.1 Å². The fraction of sp³-hybridized carbons (Fsp3) is 0.0667. The molecule has 102 valence electrons. The summed E-state index contributed by atoms with van der Waals surface area (Å²) in [6.45, 7) is 0. The Kier molecular flexibility index (Phi) is 4.10. The van der Waals surface area contributed by atoms with E-state index in [1.165, 1.54) is 31.4 Å². The maximum Gasteiger partial charge on any atom is 0.337 e. The van der Waals surface area contributed by atoms with Crippen LogP contribution >= 0.6 is 0 Å². The highest BCUT2D eigenvalue weighted by Crippen LogP contribution is 2.12. The van der Waals surface area contributed by atoms with Crippen molar-refractivity contribution in [1.82, 2.24) is 0 Å². The van der Waals surface area contributed by atoms with E-state index in [0.717, 1.165) is 0 Å². The molecule has 4 nitrogen and oxygen atoms in total. The summed E-state index contributed by atoms with van der Waals surface area (Å²) in [5.41, 5.74) is 1.28. The van der Waals surface area contributed by atoms with E-state index >= 15 is 0 Å². The number of rotatable bonds is 3. The van der Waals surface area contributed by atoms with Crippen LogP contribution in [0.5, 0.6) is 0 Å². The van der Waals surface area contributed by atoms with Gasteiger partial charge in [-0.15, -0.1) is 0 Å². The molecule has 0 aliphatic rings. The van der Waals surface area contributed by atoms with Gasteiger partial charge in [0.1, 0.15) is 5.82 Å². The number of amides is 1. The molecule has 0 aliphatic carbocycles. The fourth-order valence-electron chi connectivity index (χ4n) is 1.61. The number of carbonyl (C=O) groups is 2. The largest absolute Gasteiger partial charge is 0.465 e. The first-order chi connectivity index (χ1) is 9.60. The second kappa shape index (κ2) is 5.97. The Hall–Kier alpha value is -2.69. The van der Waals surface area contributed by atoms with Crippen LogP contribution in [0, 0.1) is 5.82 Å². The molecule has 0 saturated heterocycles. The van der Waals surface area contributed by atoms with Gasteiger partial charge in [-0.2, -0.15) is 0 Å². The van der Waals surface area contributed by atoms with Crippen molar-refractivity contribution < 1.29 is 18.7 Å². The topological polar surface area (TPSA) is 55.4 Å². The number of halogens is 1. The zero-order chi connectivity index (χ0) is 14.5. The molecule has 20 heavy (non-hydrogen) atoms. The molecule has 5 heteroatoms. The van der Waals surface area contributed by atoms with Gasteiger partial charge >= 0.3 is 5.97 Å². The highest BCUT2D eigenvalue weighted by Gasteiger charge is 2.08. The molecular weight excluding hydrogens is 261 g/mol. The summed E-state index contributed by atoms with van der Waals surface area (Å²) >= 11 is 0. The monoisotopic (exact) mass is 273 g/mol. The Morgan fingerprint density at radius 2 is 1.50 bits per heavy atom. The van der Waals surface area contributed by atoms with Crippen LogP contribution in [0.1, 0.15) is 20.7 Å². The first-order valence-corrected chi connectivity index (χ1v) is 5.85. The second-order valence-corrected chi connectivity index (χ2v) is 4.03. The molecule has 1 N–H and O–H groups in total. The van der Waals surface area contributed by atoms with E-state index < -0.39 is 11.8 Å². The van der Waals surface area contributed by atoms with Crippen molar-refractivity contribution in [3.8, 4) is 0 Å². The summed E-state index contributed by atoms with van der Waals surface area (Å²) in [4.78, 5) is 23.1. The van der Waals surface area contributed by atoms with Gasteiger partial charge in [-0.05, 0) is 48.5 Å². The predicted octanol–water partition coefficient (Wildman–Crippen LogP) is 2.86. The number of anilines is 1. The van der Waals surface area contributed by atoms with Gasteiger partial charge in [-0.1, -0.05) is 0 Å². The SMILES string of the molecule is COC(=O)c1ccc(NC(=O)c2ccc(F)cc2)cc1. The molecule has 0 atom stereocenters. The van der Waals surface area contributed by atoms with E-state index in [0.29, 0.717) is 16.8 Å². The third-order valence-electron chi connectivity index (χ3n) is 2.67. The summed E-state index contributed by atoms with van der Waals surface area (Å²) in [5, 5.41) is 2.65. The molecule has 0 saturated carbocycles. The summed E-state index contributed by atoms with van der Waals surface area (Å²) in [5.74, 6) is -1.19. The summed E-state index contributed by atoms with van der Waals surface area (Å²) in [7, 11) is 1.30. The van der Waals surface area contributed by atoms with Crippen molar-refractivity contribution >= 4 is 17.6 Å². The van der Waals surface area contributed by atoms with Gasteiger partial charge in [0.2, 0.25) is 0 Å². The van der Waals surface area contributed by atoms with Crippen molar-refractivity contribution in [1.29, 1.82) is 0 Å². The number of methoxy groups -OCH3 is 1. The van der Waals surface area contributed by atoms with Crippen molar-refractivity contribution in [2.24, 2.45) is 0 Å². The lowest BCUT2D eigenvalue weighted by Gasteiger charge is -2.06. The minimum Gasteiger partial charge on any atom is -0.465 e. The van der Waals surface area contributed by atoms with Crippen LogP contribution < -0.4 is 5.32 Å². The standard InChI is InChI=1S/C15H12FNO3/c1-20-15(19)11-4-8-13(9-5-11)17-14(18)10-2-6-12(16)7-3-10/h2-9H,1H3,(H,17,18). The quantitative estimate of drug-likeness (QED) is 0.875. The number of esters is 1. The van der Waals surface area contributed by atoms with Crippen LogP contribution in [0.15, 0.2) is 48.5 Å². The fourth-order valence-corrected chi connectivity index (χ4v) is 1.61. The Morgan fingerprint density at radius 1 is 0.950 bits per heavy atom. The molecule has 2 aromatic rings. The Labute approximate surface area is 115 Å². The van der Waals surface area contributed by atoms with Crippen molar-refractivity contribution in [2.75, 3.05) is 12.4 Å². The van der Waals surface area contributed by atoms with E-state index in [2.05, 4.69) is 10.1 Å². The molecule has 2 aromatic carbocycles. The zero-order valence-electron chi connectivity index (χ0n) is 10.7. The Balaban J connectivity index is 2.08. The Morgan fingerprint density at radius 3 is 2.05 bits per heavy atom. The van der Waals surface area contributed by atoms with Crippen LogP contribution in [-0.2, 0) is 4.74 Å². The van der Waals surface area contributed by atoms with Gasteiger partial charge in [0.05, 0.1) is 12.7 Å². The maximum atomic E-state index is 12.8. The number of carbonyl (C=O) groups excluding carboxylic acids is 2. The molecule has 0 fully saturated rings. The zero-order valence-corrected chi connectivity index (χ0v) is 10.7. The number of benzene rings is 2. The molecule has 0 aliphatic heterocycles. The van der Waals surface area contributed by atoms with Crippen LogP contribution in [0.25, 0.3) is 0 Å². The number of hydrogen-bond acceptors (Lipinski definition) is 3. The van der Waals surface area contributed by atoms with E-state index in [1.54, 1.807) is 24.3 Å². The van der Waals surface area contributed by atoms with E-state index in [9.17, 15) is 14.0 Å². The minimum atomic E-state index is -0.443. The molecule has 0 radical (unpaired) electrons. The highest BCUT2D eigenvalue weighted by molar-refractivity contribution is 6.04. The van der Waals surface area contributed by atoms with Gasteiger partial charge in [0.25, 0.3) is 5.91 Å². The lowest BCUT2D eigenvalue weighted by molar-refractivity contribution is 0.0600. The molecular formula is C15H12FNO3. The van der Waals surface area contributed by atoms with Crippen LogP contribution in [-0.4, -0.2) is 19.0 Å². The molecule has 1 amide bonds. The second-order valence-electron chi connectivity index (χ2n) is 4.03. The summed E-state index contributed by atoms with van der Waals surface area (Å²) in [6.07, 6.45) is 0. The van der Waals surface area contributed by atoms with Crippen LogP contribution in [0.2, 0.25) is 0 Å². The van der Waals surface area contributed by atoms with Crippen LogP contribution in [0.3, 0.4) is 0 Å². The lowest BCUT2D eigenvalue weighted by atomic mass is 10.2. The maximum absolute atomic E-state index is 12.8. The van der Waals surface area contributed by atoms with Crippen LogP contribution in [0.4, 0.5) is 10.1 Å². The highest BCUT2D eigenvalue weighted by atomic mass is 19.1. The van der Waals surface area contributed by atoms with Crippen molar-refractivity contribution in [3.63, 3.8) is 0 Å². The average molecular weight is 273 g/mol. The van der Waals surface area contributed by atoms with E-state index in [-0.39, 0.29) is 5.91 Å². The predicted molar refractivity (Wildman–Crippen MR) is 72.1 cm³/mol. The molecule has 0 aromatic heterocycles. The number of ether oxygens (including phenoxy) is 1. The smallest absolute Gasteiger partial charge is 0.337 e. The number of hydrogen-bond donors (Lipinski definition) is 1. The molecule has 2 rings (SSSR count). The van der Waals surface area contributed by atoms with Crippen molar-refractivity contribution in [3.05, 3.63) is 65.5 Å². The first-order valence-electron chi connectivity index (χ1n) is 5.85. The molecule has 0 bridgehead atoms. The minimum absolute atomic E-state index is 0.350. The summed E-state index contributed by atoms with van der Waals surface area (Å²) < 4.78 is 17.3. The van der Waals surface area contributed by atoms with Gasteiger partial charge in [-0.25, -0.2) is 9.18 Å². The number of nitrogens with one attached hydrogen (secondary N) is 1. The van der Waals surface area contributed by atoms with Crippen molar-refractivity contribution in [2.45, 2.75) is 0 Å². The third-order valence-corrected chi connectivity index (χ3v) is 2.67. The molecule has 0 unspecified atom stereocenters. The van der Waals surface area contributed by atoms with E-state index in [4.69, 9.17) is 0 Å². The van der Waals surface area contributed by atoms with Gasteiger partial charge in [-0.3, -0.25) is 4.79 Å². The Bertz CT molecular complexity index is 621. The lowest BCUT2D eigenvalue weighted by Crippen LogP contribution is -2.12. The van der Waals surface area contributed by atoms with Gasteiger partial charge in [0.15, 0.2) is 0 Å². The average Bonchev–Trinajstić information content (AvgIpc) is 2.48. The summed E-state index contributed by atoms with van der Waals surface area (Å²) in [6, 6.07) is 11.5. The molecule has 0 heterocycles.